The molecule has 0 aliphatic carbocycles. The third kappa shape index (κ3) is 3.42. The molecule has 1 aromatic heterocycles. The van der Waals surface area contributed by atoms with Crippen molar-refractivity contribution in [1.29, 1.82) is 0 Å². The number of aromatic nitrogens is 2. The van der Waals surface area contributed by atoms with E-state index in [1.54, 1.807) is 23.5 Å². The predicted octanol–water partition coefficient (Wildman–Crippen LogP) is 3.34. The molecule has 22 heavy (non-hydrogen) atoms. The number of piperidine rings is 1. The van der Waals surface area contributed by atoms with Crippen molar-refractivity contribution in [2.45, 2.75) is 31.9 Å². The third-order valence-electron chi connectivity index (χ3n) is 3.87. The van der Waals surface area contributed by atoms with E-state index in [0.29, 0.717) is 13.2 Å². The van der Waals surface area contributed by atoms with Crippen molar-refractivity contribution < 1.29 is 9.53 Å². The van der Waals surface area contributed by atoms with Crippen LogP contribution >= 0.6 is 0 Å². The molecule has 3 rings (SSSR count). The van der Waals surface area contributed by atoms with Crippen LogP contribution in [0.15, 0.2) is 48.9 Å². The standard InChI is InChI=1S/C17H19N3O2/c21-17(22-13-14-6-2-1-3-7-14)20-11-5-4-8-16(20)15-12-18-9-10-19-15/h1-3,6-7,9-10,12,16H,4-5,8,11,13H2. The fraction of sp³-hybridized carbons (Fsp3) is 0.353. The molecule has 2 heterocycles. The number of amides is 1. The van der Waals surface area contributed by atoms with Crippen LogP contribution in [0, 0.1) is 0 Å². The lowest BCUT2D eigenvalue weighted by Gasteiger charge is -2.34. The SMILES string of the molecule is O=C(OCc1ccccc1)N1CCCCC1c1cnccn1. The van der Waals surface area contributed by atoms with Crippen LogP contribution in [-0.2, 0) is 11.3 Å². The molecule has 5 heteroatoms. The first-order valence-electron chi connectivity index (χ1n) is 7.58. The van der Waals surface area contributed by atoms with Crippen molar-refractivity contribution in [2.75, 3.05) is 6.54 Å². The highest BCUT2D eigenvalue weighted by Crippen LogP contribution is 2.29. The van der Waals surface area contributed by atoms with Crippen molar-refractivity contribution in [3.05, 3.63) is 60.2 Å². The average molecular weight is 297 g/mol. The lowest BCUT2D eigenvalue weighted by Crippen LogP contribution is -2.39. The van der Waals surface area contributed by atoms with Crippen LogP contribution < -0.4 is 0 Å². The molecule has 5 nitrogen and oxygen atoms in total. The van der Waals surface area contributed by atoms with Gasteiger partial charge < -0.3 is 4.74 Å². The van der Waals surface area contributed by atoms with E-state index in [0.717, 1.165) is 30.5 Å². The van der Waals surface area contributed by atoms with E-state index < -0.39 is 0 Å². The van der Waals surface area contributed by atoms with E-state index in [9.17, 15) is 4.79 Å². The summed E-state index contributed by atoms with van der Waals surface area (Å²) in [7, 11) is 0. The number of ether oxygens (including phenoxy) is 1. The zero-order chi connectivity index (χ0) is 15.2. The first-order valence-corrected chi connectivity index (χ1v) is 7.58. The summed E-state index contributed by atoms with van der Waals surface area (Å²) in [5.74, 6) is 0. The minimum atomic E-state index is -0.279. The van der Waals surface area contributed by atoms with Crippen molar-refractivity contribution >= 4 is 6.09 Å². The Hall–Kier alpha value is -2.43. The summed E-state index contributed by atoms with van der Waals surface area (Å²) in [5, 5.41) is 0. The maximum atomic E-state index is 12.4. The predicted molar refractivity (Wildman–Crippen MR) is 82.0 cm³/mol. The van der Waals surface area contributed by atoms with E-state index in [2.05, 4.69) is 9.97 Å². The monoisotopic (exact) mass is 297 g/mol. The molecule has 1 atom stereocenters. The summed E-state index contributed by atoms with van der Waals surface area (Å²) in [5.41, 5.74) is 1.82. The van der Waals surface area contributed by atoms with Crippen LogP contribution in [0.1, 0.15) is 36.6 Å². The summed E-state index contributed by atoms with van der Waals surface area (Å²) in [6, 6.07) is 9.68. The molecule has 0 spiro atoms. The summed E-state index contributed by atoms with van der Waals surface area (Å²) >= 11 is 0. The molecule has 1 fully saturated rings. The van der Waals surface area contributed by atoms with Gasteiger partial charge in [-0.05, 0) is 24.8 Å². The zero-order valence-electron chi connectivity index (χ0n) is 12.4. The molecule has 1 aliphatic rings. The second-order valence-corrected chi connectivity index (χ2v) is 5.38. The molecule has 1 aliphatic heterocycles. The topological polar surface area (TPSA) is 55.3 Å². The fourth-order valence-electron chi connectivity index (χ4n) is 2.74. The molecule has 1 unspecified atom stereocenters. The van der Waals surface area contributed by atoms with Gasteiger partial charge in [0.15, 0.2) is 0 Å². The zero-order valence-corrected chi connectivity index (χ0v) is 12.4. The summed E-state index contributed by atoms with van der Waals surface area (Å²) in [6.45, 7) is 0.998. The number of carbonyl (C=O) groups is 1. The summed E-state index contributed by atoms with van der Waals surface area (Å²) in [4.78, 5) is 22.6. The van der Waals surface area contributed by atoms with Gasteiger partial charge in [0.05, 0.1) is 17.9 Å². The highest BCUT2D eigenvalue weighted by Gasteiger charge is 2.30. The van der Waals surface area contributed by atoms with E-state index in [4.69, 9.17) is 4.74 Å². The Kier molecular flexibility index (Phi) is 4.63. The van der Waals surface area contributed by atoms with Crippen LogP contribution in [0.5, 0.6) is 0 Å². The van der Waals surface area contributed by atoms with Crippen LogP contribution in [0.2, 0.25) is 0 Å². The van der Waals surface area contributed by atoms with Gasteiger partial charge in [0.2, 0.25) is 0 Å². The van der Waals surface area contributed by atoms with Crippen LogP contribution in [0.4, 0.5) is 4.79 Å². The first kappa shape index (κ1) is 14.5. The Balaban J connectivity index is 1.66. The van der Waals surface area contributed by atoms with Gasteiger partial charge in [-0.15, -0.1) is 0 Å². The maximum Gasteiger partial charge on any atom is 0.410 e. The van der Waals surface area contributed by atoms with E-state index in [1.807, 2.05) is 30.3 Å². The molecular weight excluding hydrogens is 278 g/mol. The van der Waals surface area contributed by atoms with Gasteiger partial charge >= 0.3 is 6.09 Å². The van der Waals surface area contributed by atoms with Crippen molar-refractivity contribution in [2.24, 2.45) is 0 Å². The van der Waals surface area contributed by atoms with Crippen molar-refractivity contribution in [3.8, 4) is 0 Å². The lowest BCUT2D eigenvalue weighted by atomic mass is 10.0. The number of benzene rings is 1. The number of nitrogens with zero attached hydrogens (tertiary/aromatic N) is 3. The maximum absolute atomic E-state index is 12.4. The molecule has 1 saturated heterocycles. The molecule has 0 radical (unpaired) electrons. The molecule has 2 aromatic rings. The second-order valence-electron chi connectivity index (χ2n) is 5.38. The molecule has 0 bridgehead atoms. The Bertz CT molecular complexity index is 604. The highest BCUT2D eigenvalue weighted by atomic mass is 16.6. The smallest absolute Gasteiger partial charge is 0.410 e. The Morgan fingerprint density at radius 2 is 2.09 bits per heavy atom. The molecule has 0 saturated carbocycles. The number of rotatable bonds is 3. The molecule has 0 N–H and O–H groups in total. The van der Waals surface area contributed by atoms with Crippen molar-refractivity contribution in [3.63, 3.8) is 0 Å². The van der Waals surface area contributed by atoms with E-state index >= 15 is 0 Å². The number of hydrogen-bond donors (Lipinski definition) is 0. The minimum absolute atomic E-state index is 0.0364. The van der Waals surface area contributed by atoms with Gasteiger partial charge in [-0.1, -0.05) is 30.3 Å². The molecule has 1 amide bonds. The molecule has 1 aromatic carbocycles. The lowest BCUT2D eigenvalue weighted by molar-refractivity contribution is 0.0668. The van der Waals surface area contributed by atoms with Gasteiger partial charge in [0.25, 0.3) is 0 Å². The van der Waals surface area contributed by atoms with Crippen LogP contribution in [-0.4, -0.2) is 27.5 Å². The molecular formula is C17H19N3O2. The number of hydrogen-bond acceptors (Lipinski definition) is 4. The third-order valence-corrected chi connectivity index (χ3v) is 3.87. The highest BCUT2D eigenvalue weighted by molar-refractivity contribution is 5.68. The van der Waals surface area contributed by atoms with Gasteiger partial charge in [-0.3, -0.25) is 14.9 Å². The van der Waals surface area contributed by atoms with Crippen LogP contribution in [0.25, 0.3) is 0 Å². The molecule has 114 valence electrons. The minimum Gasteiger partial charge on any atom is -0.445 e. The normalized spacial score (nSPS) is 18.0. The van der Waals surface area contributed by atoms with Crippen LogP contribution in [0.3, 0.4) is 0 Å². The van der Waals surface area contributed by atoms with Gasteiger partial charge in [0, 0.05) is 18.9 Å². The average Bonchev–Trinajstić information content (AvgIpc) is 2.61. The van der Waals surface area contributed by atoms with Gasteiger partial charge in [-0.25, -0.2) is 4.79 Å². The quantitative estimate of drug-likeness (QED) is 0.872. The van der Waals surface area contributed by atoms with Crippen molar-refractivity contribution in [1.82, 2.24) is 14.9 Å². The van der Waals surface area contributed by atoms with Gasteiger partial charge in [0.1, 0.15) is 6.61 Å². The first-order chi connectivity index (χ1) is 10.8. The number of carbonyl (C=O) groups excluding carboxylic acids is 1. The second kappa shape index (κ2) is 7.02. The van der Waals surface area contributed by atoms with Gasteiger partial charge in [-0.2, -0.15) is 0 Å². The van der Waals surface area contributed by atoms with E-state index in [1.165, 1.54) is 0 Å². The number of likely N-dealkylation sites (tertiary alicyclic amines) is 1. The Labute approximate surface area is 130 Å². The Morgan fingerprint density at radius 3 is 2.86 bits per heavy atom. The van der Waals surface area contributed by atoms with E-state index in [-0.39, 0.29) is 12.1 Å². The fourth-order valence-corrected chi connectivity index (χ4v) is 2.74. The summed E-state index contributed by atoms with van der Waals surface area (Å²) in [6.07, 6.45) is 7.74. The Morgan fingerprint density at radius 1 is 1.23 bits per heavy atom. The largest absolute Gasteiger partial charge is 0.445 e. The summed E-state index contributed by atoms with van der Waals surface area (Å²) < 4.78 is 5.46.